The zero-order valence-electron chi connectivity index (χ0n) is 11.9. The van der Waals surface area contributed by atoms with Crippen LogP contribution < -0.4 is 10.1 Å². The Balaban J connectivity index is 2.66. The largest absolute Gasteiger partial charge is 0.491 e. The van der Waals surface area contributed by atoms with Crippen LogP contribution >= 0.6 is 0 Å². The first-order valence-corrected chi connectivity index (χ1v) is 6.55. The third kappa shape index (κ3) is 5.07. The van der Waals surface area contributed by atoms with Gasteiger partial charge in [0.25, 0.3) is 0 Å². The number of ether oxygens (including phenoxy) is 1. The highest BCUT2D eigenvalue weighted by Gasteiger charge is 2.16. The van der Waals surface area contributed by atoms with Crippen LogP contribution in [0.15, 0.2) is 24.3 Å². The van der Waals surface area contributed by atoms with Crippen LogP contribution in [0.3, 0.4) is 0 Å². The lowest BCUT2D eigenvalue weighted by Gasteiger charge is -2.26. The number of rotatable bonds is 7. The molecule has 0 unspecified atom stereocenters. The summed E-state index contributed by atoms with van der Waals surface area (Å²) in [7, 11) is 0. The van der Waals surface area contributed by atoms with Gasteiger partial charge in [-0.1, -0.05) is 18.2 Å². The predicted molar refractivity (Wildman–Crippen MR) is 74.8 cm³/mol. The first kappa shape index (κ1) is 15.0. The molecular weight excluding hydrogens is 226 g/mol. The van der Waals surface area contributed by atoms with E-state index in [0.29, 0.717) is 0 Å². The molecular formula is C15H25NO2. The van der Waals surface area contributed by atoms with Crippen molar-refractivity contribution in [2.75, 3.05) is 6.61 Å². The maximum atomic E-state index is 9.01. The molecule has 0 aliphatic heterocycles. The molecule has 1 aromatic carbocycles. The second kappa shape index (κ2) is 6.76. The Bertz CT molecular complexity index is 361. The average Bonchev–Trinajstić information content (AvgIpc) is 2.27. The van der Waals surface area contributed by atoms with Gasteiger partial charge < -0.3 is 15.2 Å². The monoisotopic (exact) mass is 251 g/mol. The standard InChI is InChI=1S/C15H25NO2/c1-12(2)18-14-8-6-5-7-13(14)11-16-15(3,4)9-10-17/h5-8,12,16-17H,9-11H2,1-4H3. The minimum atomic E-state index is -0.0697. The lowest BCUT2D eigenvalue weighted by molar-refractivity contribution is 0.225. The Hall–Kier alpha value is -1.06. The topological polar surface area (TPSA) is 41.5 Å². The first-order valence-electron chi connectivity index (χ1n) is 6.55. The molecule has 0 aromatic heterocycles. The van der Waals surface area contributed by atoms with Crippen LogP contribution in [0.25, 0.3) is 0 Å². The quantitative estimate of drug-likeness (QED) is 0.783. The Kier molecular flexibility index (Phi) is 5.63. The van der Waals surface area contributed by atoms with E-state index in [1.54, 1.807) is 0 Å². The van der Waals surface area contributed by atoms with Crippen molar-refractivity contribution in [3.05, 3.63) is 29.8 Å². The van der Waals surface area contributed by atoms with E-state index in [2.05, 4.69) is 25.2 Å². The summed E-state index contributed by atoms with van der Waals surface area (Å²) < 4.78 is 5.78. The van der Waals surface area contributed by atoms with Gasteiger partial charge in [0.2, 0.25) is 0 Å². The third-order valence-electron chi connectivity index (χ3n) is 2.83. The second-order valence-corrected chi connectivity index (χ2v) is 5.49. The minimum Gasteiger partial charge on any atom is -0.491 e. The Labute approximate surface area is 110 Å². The molecule has 1 aromatic rings. The highest BCUT2D eigenvalue weighted by atomic mass is 16.5. The van der Waals surface area contributed by atoms with Crippen molar-refractivity contribution in [1.82, 2.24) is 5.32 Å². The molecule has 0 saturated carbocycles. The fraction of sp³-hybridized carbons (Fsp3) is 0.600. The van der Waals surface area contributed by atoms with Gasteiger partial charge in [0.15, 0.2) is 0 Å². The molecule has 0 heterocycles. The van der Waals surface area contributed by atoms with Crippen molar-refractivity contribution >= 4 is 0 Å². The Morgan fingerprint density at radius 3 is 2.56 bits per heavy atom. The van der Waals surface area contributed by atoms with E-state index in [9.17, 15) is 0 Å². The summed E-state index contributed by atoms with van der Waals surface area (Å²) in [6.45, 7) is 9.18. The third-order valence-corrected chi connectivity index (χ3v) is 2.83. The number of nitrogens with one attached hydrogen (secondary N) is 1. The molecule has 0 atom stereocenters. The molecule has 0 aliphatic carbocycles. The van der Waals surface area contributed by atoms with Crippen molar-refractivity contribution in [2.24, 2.45) is 0 Å². The molecule has 2 N–H and O–H groups in total. The second-order valence-electron chi connectivity index (χ2n) is 5.49. The van der Waals surface area contributed by atoms with E-state index in [0.717, 1.165) is 24.3 Å². The van der Waals surface area contributed by atoms with Crippen molar-refractivity contribution in [3.63, 3.8) is 0 Å². The molecule has 0 amide bonds. The maximum Gasteiger partial charge on any atom is 0.124 e. The van der Waals surface area contributed by atoms with E-state index in [1.165, 1.54) is 0 Å². The summed E-state index contributed by atoms with van der Waals surface area (Å²) in [6, 6.07) is 8.07. The van der Waals surface area contributed by atoms with E-state index < -0.39 is 0 Å². The fourth-order valence-electron chi connectivity index (χ4n) is 1.72. The molecule has 0 radical (unpaired) electrons. The summed E-state index contributed by atoms with van der Waals surface area (Å²) in [4.78, 5) is 0. The van der Waals surface area contributed by atoms with Gasteiger partial charge in [-0.3, -0.25) is 0 Å². The van der Waals surface area contributed by atoms with Gasteiger partial charge >= 0.3 is 0 Å². The first-order chi connectivity index (χ1) is 8.44. The molecule has 1 rings (SSSR count). The molecule has 3 nitrogen and oxygen atoms in total. The van der Waals surface area contributed by atoms with E-state index >= 15 is 0 Å². The lowest BCUT2D eigenvalue weighted by Crippen LogP contribution is -2.39. The molecule has 0 aliphatic rings. The lowest BCUT2D eigenvalue weighted by atomic mass is 10.0. The van der Waals surface area contributed by atoms with Crippen LogP contribution in [0.4, 0.5) is 0 Å². The Morgan fingerprint density at radius 1 is 1.28 bits per heavy atom. The zero-order chi connectivity index (χ0) is 13.6. The van der Waals surface area contributed by atoms with E-state index in [1.807, 2.05) is 32.0 Å². The van der Waals surface area contributed by atoms with Crippen molar-refractivity contribution in [3.8, 4) is 5.75 Å². The highest BCUT2D eigenvalue weighted by Crippen LogP contribution is 2.20. The van der Waals surface area contributed by atoms with Gasteiger partial charge in [-0.25, -0.2) is 0 Å². The molecule has 0 spiro atoms. The molecule has 0 fully saturated rings. The SMILES string of the molecule is CC(C)Oc1ccccc1CNC(C)(C)CCO. The van der Waals surface area contributed by atoms with Gasteiger partial charge in [-0.15, -0.1) is 0 Å². The van der Waals surface area contributed by atoms with E-state index in [4.69, 9.17) is 9.84 Å². The molecule has 0 bridgehead atoms. The number of aliphatic hydroxyl groups excluding tert-OH is 1. The van der Waals surface area contributed by atoms with Crippen LogP contribution in [-0.2, 0) is 6.54 Å². The maximum absolute atomic E-state index is 9.01. The average molecular weight is 251 g/mol. The van der Waals surface area contributed by atoms with Crippen molar-refractivity contribution in [1.29, 1.82) is 0 Å². The molecule has 3 heteroatoms. The van der Waals surface area contributed by atoms with Gasteiger partial charge in [0, 0.05) is 24.3 Å². The van der Waals surface area contributed by atoms with Gasteiger partial charge in [0.05, 0.1) is 6.10 Å². The number of aliphatic hydroxyl groups is 1. The minimum absolute atomic E-state index is 0.0697. The van der Waals surface area contributed by atoms with Crippen LogP contribution in [0.1, 0.15) is 39.7 Å². The zero-order valence-corrected chi connectivity index (χ0v) is 11.9. The van der Waals surface area contributed by atoms with Crippen LogP contribution in [-0.4, -0.2) is 23.4 Å². The summed E-state index contributed by atoms with van der Waals surface area (Å²) in [5.41, 5.74) is 1.08. The normalized spacial score (nSPS) is 11.9. The number of hydrogen-bond donors (Lipinski definition) is 2. The molecule has 0 saturated heterocycles. The van der Waals surface area contributed by atoms with Gasteiger partial charge in [-0.2, -0.15) is 0 Å². The smallest absolute Gasteiger partial charge is 0.124 e. The summed E-state index contributed by atoms with van der Waals surface area (Å²) in [5.74, 6) is 0.930. The van der Waals surface area contributed by atoms with Crippen LogP contribution in [0, 0.1) is 0 Å². The number of para-hydroxylation sites is 1. The highest BCUT2D eigenvalue weighted by molar-refractivity contribution is 5.33. The van der Waals surface area contributed by atoms with Gasteiger partial charge in [-0.05, 0) is 40.2 Å². The summed E-state index contributed by atoms with van der Waals surface area (Å²) in [6.07, 6.45) is 0.914. The van der Waals surface area contributed by atoms with Crippen LogP contribution in [0.2, 0.25) is 0 Å². The fourth-order valence-corrected chi connectivity index (χ4v) is 1.72. The Morgan fingerprint density at radius 2 is 1.94 bits per heavy atom. The van der Waals surface area contributed by atoms with Gasteiger partial charge in [0.1, 0.15) is 5.75 Å². The van der Waals surface area contributed by atoms with Crippen LogP contribution in [0.5, 0.6) is 5.75 Å². The number of benzene rings is 1. The summed E-state index contributed by atoms with van der Waals surface area (Å²) in [5, 5.41) is 12.5. The predicted octanol–water partition coefficient (Wildman–Crippen LogP) is 2.72. The number of hydrogen-bond acceptors (Lipinski definition) is 3. The molecule has 18 heavy (non-hydrogen) atoms. The summed E-state index contributed by atoms with van der Waals surface area (Å²) >= 11 is 0. The van der Waals surface area contributed by atoms with Crippen molar-refractivity contribution in [2.45, 2.75) is 52.3 Å². The van der Waals surface area contributed by atoms with Crippen molar-refractivity contribution < 1.29 is 9.84 Å². The molecule has 102 valence electrons. The van der Waals surface area contributed by atoms with E-state index in [-0.39, 0.29) is 18.2 Å².